The molecule has 0 aliphatic carbocycles. The standard InChI is InChI=1S/C9H8N4O2S/c1-2-15-9(14)8-13-12-7(16-8)6-10-4-3-5-11-6/h3-5H,2H2,1H3. The van der Waals surface area contributed by atoms with Crippen LogP contribution in [0.1, 0.15) is 16.7 Å². The second-order valence-electron chi connectivity index (χ2n) is 2.71. The molecular weight excluding hydrogens is 228 g/mol. The number of hydrogen-bond acceptors (Lipinski definition) is 7. The summed E-state index contributed by atoms with van der Waals surface area (Å²) in [7, 11) is 0. The van der Waals surface area contributed by atoms with E-state index in [4.69, 9.17) is 4.74 Å². The quantitative estimate of drug-likeness (QED) is 0.744. The maximum Gasteiger partial charge on any atom is 0.369 e. The molecule has 0 N–H and O–H groups in total. The molecule has 0 saturated carbocycles. The Morgan fingerprint density at radius 2 is 2.12 bits per heavy atom. The molecule has 2 heterocycles. The number of rotatable bonds is 3. The fourth-order valence-corrected chi connectivity index (χ4v) is 1.68. The van der Waals surface area contributed by atoms with E-state index < -0.39 is 5.97 Å². The van der Waals surface area contributed by atoms with E-state index in [2.05, 4.69) is 20.2 Å². The Bertz CT molecular complexity index is 485. The van der Waals surface area contributed by atoms with Crippen LogP contribution in [0.2, 0.25) is 0 Å². The summed E-state index contributed by atoms with van der Waals surface area (Å²) < 4.78 is 4.81. The van der Waals surface area contributed by atoms with Gasteiger partial charge in [0.15, 0.2) is 10.8 Å². The number of carbonyl (C=O) groups excluding carboxylic acids is 1. The highest BCUT2D eigenvalue weighted by molar-refractivity contribution is 7.16. The number of nitrogens with zero attached hydrogens (tertiary/aromatic N) is 4. The topological polar surface area (TPSA) is 77.9 Å². The zero-order valence-electron chi connectivity index (χ0n) is 8.45. The molecule has 0 aliphatic rings. The van der Waals surface area contributed by atoms with Gasteiger partial charge < -0.3 is 4.74 Å². The maximum atomic E-state index is 11.3. The normalized spacial score (nSPS) is 10.1. The lowest BCUT2D eigenvalue weighted by Gasteiger charge is -1.94. The van der Waals surface area contributed by atoms with Gasteiger partial charge in [-0.25, -0.2) is 14.8 Å². The lowest BCUT2D eigenvalue weighted by atomic mass is 10.6. The van der Waals surface area contributed by atoms with E-state index in [9.17, 15) is 4.79 Å². The molecule has 0 aromatic carbocycles. The van der Waals surface area contributed by atoms with E-state index >= 15 is 0 Å². The van der Waals surface area contributed by atoms with Crippen LogP contribution in [0.25, 0.3) is 10.8 Å². The highest BCUT2D eigenvalue weighted by atomic mass is 32.1. The van der Waals surface area contributed by atoms with Crippen molar-refractivity contribution >= 4 is 17.3 Å². The molecule has 0 radical (unpaired) electrons. The highest BCUT2D eigenvalue weighted by Gasteiger charge is 2.15. The van der Waals surface area contributed by atoms with Crippen molar-refractivity contribution in [2.75, 3.05) is 6.61 Å². The van der Waals surface area contributed by atoms with Gasteiger partial charge in [-0.2, -0.15) is 0 Å². The van der Waals surface area contributed by atoms with E-state index in [0.29, 0.717) is 17.4 Å². The van der Waals surface area contributed by atoms with Gasteiger partial charge in [0.2, 0.25) is 5.01 Å². The van der Waals surface area contributed by atoms with Gasteiger partial charge in [0.1, 0.15) is 0 Å². The van der Waals surface area contributed by atoms with Crippen molar-refractivity contribution in [3.8, 4) is 10.8 Å². The molecule has 2 aromatic rings. The Kier molecular flexibility index (Phi) is 3.16. The van der Waals surface area contributed by atoms with Crippen LogP contribution >= 0.6 is 11.3 Å². The summed E-state index contributed by atoms with van der Waals surface area (Å²) in [5.74, 6) is -0.0160. The van der Waals surface area contributed by atoms with Gasteiger partial charge in [-0.1, -0.05) is 11.3 Å². The van der Waals surface area contributed by atoms with Crippen molar-refractivity contribution in [1.29, 1.82) is 0 Å². The first-order valence-electron chi connectivity index (χ1n) is 4.59. The Morgan fingerprint density at radius 3 is 2.81 bits per heavy atom. The molecular formula is C9H8N4O2S. The number of aromatic nitrogens is 4. The van der Waals surface area contributed by atoms with Crippen LogP contribution in [0, 0.1) is 0 Å². The fraction of sp³-hybridized carbons (Fsp3) is 0.222. The summed E-state index contributed by atoms with van der Waals surface area (Å²) in [4.78, 5) is 19.4. The first-order chi connectivity index (χ1) is 7.81. The zero-order valence-corrected chi connectivity index (χ0v) is 9.27. The van der Waals surface area contributed by atoms with Gasteiger partial charge in [-0.05, 0) is 13.0 Å². The van der Waals surface area contributed by atoms with Crippen molar-refractivity contribution in [3.05, 3.63) is 23.5 Å². The van der Waals surface area contributed by atoms with Crippen LogP contribution in [0.3, 0.4) is 0 Å². The number of ether oxygens (including phenoxy) is 1. The molecule has 0 aliphatic heterocycles. The average molecular weight is 236 g/mol. The van der Waals surface area contributed by atoms with Gasteiger partial charge in [0.25, 0.3) is 0 Å². The van der Waals surface area contributed by atoms with Gasteiger partial charge in [0.05, 0.1) is 6.61 Å². The van der Waals surface area contributed by atoms with E-state index in [1.807, 2.05) is 0 Å². The average Bonchev–Trinajstić information content (AvgIpc) is 2.80. The predicted octanol–water partition coefficient (Wildman–Crippen LogP) is 1.17. The molecule has 0 amide bonds. The Hall–Kier alpha value is -1.89. The summed E-state index contributed by atoms with van der Waals surface area (Å²) >= 11 is 1.11. The number of carbonyl (C=O) groups is 1. The van der Waals surface area contributed by atoms with Crippen LogP contribution in [0.15, 0.2) is 18.5 Å². The van der Waals surface area contributed by atoms with Crippen LogP contribution in [0.5, 0.6) is 0 Å². The first kappa shape index (κ1) is 10.6. The second kappa shape index (κ2) is 4.75. The Labute approximate surface area is 95.3 Å². The largest absolute Gasteiger partial charge is 0.461 e. The molecule has 0 unspecified atom stereocenters. The molecule has 0 spiro atoms. The summed E-state index contributed by atoms with van der Waals surface area (Å²) in [6.07, 6.45) is 3.21. The third-order valence-corrected chi connectivity index (χ3v) is 2.53. The third-order valence-electron chi connectivity index (χ3n) is 1.63. The Balaban J connectivity index is 2.23. The van der Waals surface area contributed by atoms with Gasteiger partial charge in [-0.15, -0.1) is 10.2 Å². The molecule has 2 rings (SSSR count). The lowest BCUT2D eigenvalue weighted by Crippen LogP contribution is -2.03. The highest BCUT2D eigenvalue weighted by Crippen LogP contribution is 2.19. The van der Waals surface area contributed by atoms with Crippen LogP contribution < -0.4 is 0 Å². The van der Waals surface area contributed by atoms with Crippen molar-refractivity contribution in [2.24, 2.45) is 0 Å². The van der Waals surface area contributed by atoms with E-state index in [-0.39, 0.29) is 5.01 Å². The smallest absolute Gasteiger partial charge is 0.369 e. The molecule has 6 nitrogen and oxygen atoms in total. The van der Waals surface area contributed by atoms with Crippen LogP contribution in [-0.4, -0.2) is 32.7 Å². The second-order valence-corrected chi connectivity index (χ2v) is 3.68. The zero-order chi connectivity index (χ0) is 11.4. The molecule has 16 heavy (non-hydrogen) atoms. The van der Waals surface area contributed by atoms with Crippen molar-refractivity contribution in [2.45, 2.75) is 6.92 Å². The summed E-state index contributed by atoms with van der Waals surface area (Å²) in [6, 6.07) is 1.71. The Morgan fingerprint density at radius 1 is 1.38 bits per heavy atom. The first-order valence-corrected chi connectivity index (χ1v) is 5.41. The minimum Gasteiger partial charge on any atom is -0.461 e. The molecule has 0 fully saturated rings. The van der Waals surface area contributed by atoms with Gasteiger partial charge in [0, 0.05) is 12.4 Å². The van der Waals surface area contributed by atoms with Crippen LogP contribution in [-0.2, 0) is 4.74 Å². The van der Waals surface area contributed by atoms with Crippen LogP contribution in [0.4, 0.5) is 0 Å². The van der Waals surface area contributed by atoms with Crippen molar-refractivity contribution in [1.82, 2.24) is 20.2 Å². The summed E-state index contributed by atoms with van der Waals surface area (Å²) in [6.45, 7) is 2.05. The number of esters is 1. The minimum atomic E-state index is -0.470. The van der Waals surface area contributed by atoms with E-state index in [0.717, 1.165) is 11.3 Å². The SMILES string of the molecule is CCOC(=O)c1nnc(-c2ncccn2)s1. The third kappa shape index (κ3) is 2.19. The maximum absolute atomic E-state index is 11.3. The van der Waals surface area contributed by atoms with Crippen molar-refractivity contribution < 1.29 is 9.53 Å². The van der Waals surface area contributed by atoms with Crippen molar-refractivity contribution in [3.63, 3.8) is 0 Å². The molecule has 0 bridgehead atoms. The lowest BCUT2D eigenvalue weighted by molar-refractivity contribution is 0.0525. The predicted molar refractivity (Wildman–Crippen MR) is 56.9 cm³/mol. The molecule has 0 atom stereocenters. The summed E-state index contributed by atoms with van der Waals surface area (Å²) in [5, 5.41) is 8.27. The number of hydrogen-bond donors (Lipinski definition) is 0. The molecule has 0 saturated heterocycles. The van der Waals surface area contributed by atoms with Gasteiger partial charge >= 0.3 is 5.97 Å². The molecule has 7 heteroatoms. The summed E-state index contributed by atoms with van der Waals surface area (Å²) in [5.41, 5.74) is 0. The van der Waals surface area contributed by atoms with E-state index in [1.54, 1.807) is 25.4 Å². The van der Waals surface area contributed by atoms with E-state index in [1.165, 1.54) is 0 Å². The monoisotopic (exact) mass is 236 g/mol. The fourth-order valence-electron chi connectivity index (χ4n) is 0.998. The van der Waals surface area contributed by atoms with Gasteiger partial charge in [-0.3, -0.25) is 0 Å². The molecule has 82 valence electrons. The minimum absolute atomic E-state index is 0.212. The molecule has 2 aromatic heterocycles.